The maximum Gasteiger partial charge on any atom is 0.255 e. The SMILES string of the molecule is COc1ccc(-c2cc(-c3ccccc3C#N)cc(-n3ccccc3=O)c2)cc1OC. The van der Waals surface area contributed by atoms with Crippen molar-refractivity contribution in [3.8, 4) is 45.5 Å². The highest BCUT2D eigenvalue weighted by Gasteiger charge is 2.12. The maximum atomic E-state index is 12.5. The summed E-state index contributed by atoms with van der Waals surface area (Å²) in [5, 5.41) is 9.59. The topological polar surface area (TPSA) is 64.2 Å². The Bertz CT molecular complexity index is 1350. The van der Waals surface area contributed by atoms with E-state index in [9.17, 15) is 10.1 Å². The molecule has 0 spiro atoms. The van der Waals surface area contributed by atoms with Gasteiger partial charge in [-0.3, -0.25) is 9.36 Å². The quantitative estimate of drug-likeness (QED) is 0.463. The summed E-state index contributed by atoms with van der Waals surface area (Å²) < 4.78 is 12.4. The highest BCUT2D eigenvalue weighted by molar-refractivity contribution is 5.79. The first kappa shape index (κ1) is 20.0. The van der Waals surface area contributed by atoms with E-state index in [4.69, 9.17) is 9.47 Å². The normalized spacial score (nSPS) is 10.4. The molecule has 0 aliphatic carbocycles. The zero-order chi connectivity index (χ0) is 21.8. The Kier molecular flexibility index (Phi) is 5.55. The number of hydrogen-bond acceptors (Lipinski definition) is 4. The molecule has 0 saturated carbocycles. The summed E-state index contributed by atoms with van der Waals surface area (Å²) in [6, 6.07) is 26.3. The van der Waals surface area contributed by atoms with Crippen molar-refractivity contribution in [1.82, 2.24) is 4.57 Å². The molecular formula is C26H20N2O3. The predicted octanol–water partition coefficient (Wildman–Crippen LogP) is 5.06. The Labute approximate surface area is 180 Å². The van der Waals surface area contributed by atoms with Gasteiger partial charge < -0.3 is 9.47 Å². The van der Waals surface area contributed by atoms with Gasteiger partial charge in [-0.2, -0.15) is 5.26 Å². The number of nitrogens with zero attached hydrogens (tertiary/aromatic N) is 2. The Morgan fingerprint density at radius 1 is 0.774 bits per heavy atom. The summed E-state index contributed by atoms with van der Waals surface area (Å²) in [4.78, 5) is 12.5. The van der Waals surface area contributed by atoms with E-state index in [0.29, 0.717) is 22.7 Å². The molecule has 0 amide bonds. The Balaban J connectivity index is 1.98. The predicted molar refractivity (Wildman–Crippen MR) is 121 cm³/mol. The van der Waals surface area contributed by atoms with Crippen LogP contribution in [0.4, 0.5) is 0 Å². The summed E-state index contributed by atoms with van der Waals surface area (Å²) in [6.45, 7) is 0. The molecule has 4 aromatic rings. The third-order valence-corrected chi connectivity index (χ3v) is 5.09. The van der Waals surface area contributed by atoms with E-state index < -0.39 is 0 Å². The lowest BCUT2D eigenvalue weighted by Gasteiger charge is -2.14. The molecule has 1 aromatic heterocycles. The van der Waals surface area contributed by atoms with Crippen LogP contribution in [-0.2, 0) is 0 Å². The van der Waals surface area contributed by atoms with Gasteiger partial charge in [-0.15, -0.1) is 0 Å². The second kappa shape index (κ2) is 8.60. The first-order valence-corrected chi connectivity index (χ1v) is 9.69. The summed E-state index contributed by atoms with van der Waals surface area (Å²) in [6.07, 6.45) is 1.73. The Hall–Kier alpha value is -4.30. The van der Waals surface area contributed by atoms with Gasteiger partial charge in [0.2, 0.25) is 0 Å². The van der Waals surface area contributed by atoms with Crippen LogP contribution >= 0.6 is 0 Å². The molecule has 5 nitrogen and oxygen atoms in total. The number of aromatic nitrogens is 1. The van der Waals surface area contributed by atoms with E-state index in [1.807, 2.05) is 60.7 Å². The molecule has 5 heteroatoms. The molecule has 1 heterocycles. The highest BCUT2D eigenvalue weighted by Crippen LogP contribution is 2.35. The third kappa shape index (κ3) is 3.92. The average molecular weight is 408 g/mol. The zero-order valence-electron chi connectivity index (χ0n) is 17.2. The lowest BCUT2D eigenvalue weighted by molar-refractivity contribution is 0.355. The van der Waals surface area contributed by atoms with Gasteiger partial charge in [0.05, 0.1) is 25.9 Å². The van der Waals surface area contributed by atoms with Crippen LogP contribution in [0.5, 0.6) is 11.5 Å². The number of rotatable bonds is 5. The fourth-order valence-electron chi connectivity index (χ4n) is 3.56. The van der Waals surface area contributed by atoms with Crippen LogP contribution in [0.15, 0.2) is 89.9 Å². The highest BCUT2D eigenvalue weighted by atomic mass is 16.5. The smallest absolute Gasteiger partial charge is 0.255 e. The van der Waals surface area contributed by atoms with Crippen LogP contribution in [0.3, 0.4) is 0 Å². The van der Waals surface area contributed by atoms with E-state index in [-0.39, 0.29) is 5.56 Å². The van der Waals surface area contributed by atoms with E-state index in [2.05, 4.69) is 6.07 Å². The van der Waals surface area contributed by atoms with Crippen molar-refractivity contribution in [2.45, 2.75) is 0 Å². The van der Waals surface area contributed by atoms with Gasteiger partial charge in [0.15, 0.2) is 11.5 Å². The van der Waals surface area contributed by atoms with Gasteiger partial charge in [-0.25, -0.2) is 0 Å². The molecule has 0 bridgehead atoms. The van der Waals surface area contributed by atoms with Crippen LogP contribution in [0.1, 0.15) is 5.56 Å². The van der Waals surface area contributed by atoms with Crippen LogP contribution in [0.2, 0.25) is 0 Å². The van der Waals surface area contributed by atoms with Crippen LogP contribution < -0.4 is 15.0 Å². The van der Waals surface area contributed by atoms with Crippen molar-refractivity contribution >= 4 is 0 Å². The Morgan fingerprint density at radius 2 is 1.52 bits per heavy atom. The van der Waals surface area contributed by atoms with Gasteiger partial charge in [0, 0.05) is 18.0 Å². The number of nitriles is 1. The van der Waals surface area contributed by atoms with Crippen molar-refractivity contribution < 1.29 is 9.47 Å². The summed E-state index contributed by atoms with van der Waals surface area (Å²) in [7, 11) is 3.19. The van der Waals surface area contributed by atoms with Crippen molar-refractivity contribution in [2.75, 3.05) is 14.2 Å². The van der Waals surface area contributed by atoms with Gasteiger partial charge >= 0.3 is 0 Å². The van der Waals surface area contributed by atoms with Gasteiger partial charge in [-0.05, 0) is 64.7 Å². The number of ether oxygens (including phenoxy) is 2. The fourth-order valence-corrected chi connectivity index (χ4v) is 3.56. The van der Waals surface area contributed by atoms with Crippen LogP contribution in [-0.4, -0.2) is 18.8 Å². The molecule has 0 aliphatic heterocycles. The summed E-state index contributed by atoms with van der Waals surface area (Å²) in [5.74, 6) is 1.25. The molecule has 0 unspecified atom stereocenters. The van der Waals surface area contributed by atoms with E-state index in [1.165, 1.54) is 6.07 Å². The second-order valence-corrected chi connectivity index (χ2v) is 6.90. The van der Waals surface area contributed by atoms with Crippen molar-refractivity contribution in [3.05, 3.63) is 101 Å². The van der Waals surface area contributed by atoms with Gasteiger partial charge in [0.25, 0.3) is 5.56 Å². The number of methoxy groups -OCH3 is 2. The molecule has 0 aliphatic rings. The Morgan fingerprint density at radius 3 is 2.26 bits per heavy atom. The first-order chi connectivity index (χ1) is 15.1. The van der Waals surface area contributed by atoms with Crippen LogP contribution in [0.25, 0.3) is 27.9 Å². The summed E-state index contributed by atoms with van der Waals surface area (Å²) in [5.41, 5.74) is 4.58. The number of benzene rings is 3. The third-order valence-electron chi connectivity index (χ3n) is 5.09. The average Bonchev–Trinajstić information content (AvgIpc) is 2.83. The first-order valence-electron chi connectivity index (χ1n) is 9.69. The minimum absolute atomic E-state index is 0.133. The van der Waals surface area contributed by atoms with Crippen molar-refractivity contribution in [3.63, 3.8) is 0 Å². The minimum Gasteiger partial charge on any atom is -0.493 e. The molecule has 0 atom stereocenters. The lowest BCUT2D eigenvalue weighted by atomic mass is 9.95. The molecule has 31 heavy (non-hydrogen) atoms. The molecular weight excluding hydrogens is 388 g/mol. The van der Waals surface area contributed by atoms with E-state index in [1.54, 1.807) is 37.1 Å². The standard InChI is InChI=1S/C26H20N2O3/c1-30-24-11-10-18(16-25(24)31-2)20-13-21(23-8-4-3-7-19(23)17-27)15-22(14-20)28-12-6-5-9-26(28)29/h3-16H,1-2H3. The second-order valence-electron chi connectivity index (χ2n) is 6.90. The number of pyridine rings is 1. The largest absolute Gasteiger partial charge is 0.493 e. The molecule has 0 radical (unpaired) electrons. The fraction of sp³-hybridized carbons (Fsp3) is 0.0769. The monoisotopic (exact) mass is 408 g/mol. The van der Waals surface area contributed by atoms with E-state index >= 15 is 0 Å². The maximum absolute atomic E-state index is 12.5. The molecule has 0 N–H and O–H groups in total. The summed E-state index contributed by atoms with van der Waals surface area (Å²) >= 11 is 0. The number of hydrogen-bond donors (Lipinski definition) is 0. The van der Waals surface area contributed by atoms with Gasteiger partial charge in [-0.1, -0.05) is 30.3 Å². The van der Waals surface area contributed by atoms with Crippen molar-refractivity contribution in [1.29, 1.82) is 5.26 Å². The molecule has 0 saturated heterocycles. The zero-order valence-corrected chi connectivity index (χ0v) is 17.2. The lowest BCUT2D eigenvalue weighted by Crippen LogP contribution is -2.15. The van der Waals surface area contributed by atoms with Gasteiger partial charge in [0.1, 0.15) is 0 Å². The molecule has 4 rings (SSSR count). The van der Waals surface area contributed by atoms with Crippen LogP contribution in [0, 0.1) is 11.3 Å². The minimum atomic E-state index is -0.133. The van der Waals surface area contributed by atoms with E-state index in [0.717, 1.165) is 22.3 Å². The molecule has 0 fully saturated rings. The molecule has 152 valence electrons. The van der Waals surface area contributed by atoms with Crippen molar-refractivity contribution in [2.24, 2.45) is 0 Å². The molecule has 3 aromatic carbocycles.